The molecule has 0 radical (unpaired) electrons. The fourth-order valence-electron chi connectivity index (χ4n) is 2.44. The molecule has 2 atom stereocenters. The molecular formula is C15H16BrNO3. The maximum absolute atomic E-state index is 12.2. The Balaban J connectivity index is 2.12. The normalized spacial score (nSPS) is 22.4. The van der Waals surface area contributed by atoms with Crippen LogP contribution in [0.1, 0.15) is 18.9 Å². The van der Waals surface area contributed by atoms with Crippen molar-refractivity contribution in [3.63, 3.8) is 0 Å². The van der Waals surface area contributed by atoms with Crippen molar-refractivity contribution in [1.29, 1.82) is 0 Å². The highest BCUT2D eigenvalue weighted by Gasteiger charge is 2.38. The van der Waals surface area contributed by atoms with Gasteiger partial charge in [0.2, 0.25) is 5.91 Å². The van der Waals surface area contributed by atoms with Gasteiger partial charge < -0.3 is 10.0 Å². The van der Waals surface area contributed by atoms with Crippen molar-refractivity contribution in [3.05, 3.63) is 40.4 Å². The van der Waals surface area contributed by atoms with Crippen LogP contribution < -0.4 is 0 Å². The van der Waals surface area contributed by atoms with Gasteiger partial charge in [-0.25, -0.2) is 4.79 Å². The van der Waals surface area contributed by atoms with Crippen LogP contribution >= 0.6 is 15.9 Å². The summed E-state index contributed by atoms with van der Waals surface area (Å²) in [6, 6.07) is 6.84. The minimum absolute atomic E-state index is 0.00619. The fourth-order valence-corrected chi connectivity index (χ4v) is 2.85. The second-order valence-corrected chi connectivity index (χ2v) is 5.79. The summed E-state index contributed by atoms with van der Waals surface area (Å²) >= 11 is 3.40. The van der Waals surface area contributed by atoms with Crippen molar-refractivity contribution in [3.8, 4) is 0 Å². The summed E-state index contributed by atoms with van der Waals surface area (Å²) in [7, 11) is 0. The molecule has 1 fully saturated rings. The number of benzene rings is 1. The molecule has 2 unspecified atom stereocenters. The molecule has 0 saturated carbocycles. The van der Waals surface area contributed by atoms with Crippen LogP contribution in [0.4, 0.5) is 0 Å². The molecule has 0 aliphatic carbocycles. The van der Waals surface area contributed by atoms with Gasteiger partial charge >= 0.3 is 5.97 Å². The summed E-state index contributed by atoms with van der Waals surface area (Å²) in [5.74, 6) is -1.19. The van der Waals surface area contributed by atoms with Crippen molar-refractivity contribution >= 4 is 33.9 Å². The highest BCUT2D eigenvalue weighted by molar-refractivity contribution is 9.10. The molecular weight excluding hydrogens is 322 g/mol. The highest BCUT2D eigenvalue weighted by Crippen LogP contribution is 2.25. The van der Waals surface area contributed by atoms with Crippen LogP contribution in [0.15, 0.2) is 34.8 Å². The van der Waals surface area contributed by atoms with Gasteiger partial charge in [-0.15, -0.1) is 0 Å². The van der Waals surface area contributed by atoms with E-state index in [4.69, 9.17) is 0 Å². The quantitative estimate of drug-likeness (QED) is 0.863. The van der Waals surface area contributed by atoms with Gasteiger partial charge in [-0.2, -0.15) is 0 Å². The molecule has 1 saturated heterocycles. The second-order valence-electron chi connectivity index (χ2n) is 4.94. The predicted molar refractivity (Wildman–Crippen MR) is 80.1 cm³/mol. The van der Waals surface area contributed by atoms with E-state index >= 15 is 0 Å². The van der Waals surface area contributed by atoms with E-state index in [0.29, 0.717) is 6.54 Å². The summed E-state index contributed by atoms with van der Waals surface area (Å²) in [6.07, 6.45) is 3.87. The zero-order valence-corrected chi connectivity index (χ0v) is 12.7. The third-order valence-corrected chi connectivity index (χ3v) is 4.27. The Kier molecular flexibility index (Phi) is 4.60. The van der Waals surface area contributed by atoms with Gasteiger partial charge in [0.05, 0.1) is 0 Å². The number of likely N-dealkylation sites (tertiary alicyclic amines) is 1. The molecule has 1 aliphatic heterocycles. The van der Waals surface area contributed by atoms with Crippen LogP contribution in [0.3, 0.4) is 0 Å². The van der Waals surface area contributed by atoms with E-state index in [1.54, 1.807) is 6.08 Å². The third-order valence-electron chi connectivity index (χ3n) is 3.55. The van der Waals surface area contributed by atoms with Crippen LogP contribution in [0.2, 0.25) is 0 Å². The fraction of sp³-hybridized carbons (Fsp3) is 0.333. The first-order valence-electron chi connectivity index (χ1n) is 6.46. The van der Waals surface area contributed by atoms with E-state index in [-0.39, 0.29) is 11.8 Å². The van der Waals surface area contributed by atoms with Crippen molar-refractivity contribution in [2.45, 2.75) is 19.4 Å². The van der Waals surface area contributed by atoms with E-state index in [0.717, 1.165) is 16.5 Å². The molecule has 2 rings (SSSR count). The molecule has 4 nitrogen and oxygen atoms in total. The Morgan fingerprint density at radius 3 is 2.75 bits per heavy atom. The number of carboxylic acid groups (broad SMARTS) is 1. The molecule has 20 heavy (non-hydrogen) atoms. The summed E-state index contributed by atoms with van der Waals surface area (Å²) in [5, 5.41) is 9.21. The van der Waals surface area contributed by atoms with E-state index in [2.05, 4.69) is 15.9 Å². The van der Waals surface area contributed by atoms with Gasteiger partial charge in [0, 0.05) is 17.1 Å². The summed E-state index contributed by atoms with van der Waals surface area (Å²) < 4.78 is 0.897. The lowest BCUT2D eigenvalue weighted by Crippen LogP contribution is -2.42. The largest absolute Gasteiger partial charge is 0.480 e. The Hall–Kier alpha value is -1.62. The number of aliphatic carboxylic acids is 1. The lowest BCUT2D eigenvalue weighted by Gasteiger charge is -2.21. The standard InChI is InChI=1S/C15H16BrNO3/c1-10-8-9-17(14(10)15(19)20)13(18)7-6-11-4-2-3-5-12(11)16/h2-7,10,14H,8-9H2,1H3,(H,19,20)/b7-6+. The van der Waals surface area contributed by atoms with Gasteiger partial charge in [-0.3, -0.25) is 4.79 Å². The number of carbonyl (C=O) groups excluding carboxylic acids is 1. The number of hydrogen-bond acceptors (Lipinski definition) is 2. The SMILES string of the molecule is CC1CCN(C(=O)/C=C/c2ccccc2Br)C1C(=O)O. The van der Waals surface area contributed by atoms with Crippen LogP contribution in [0.25, 0.3) is 6.08 Å². The number of nitrogens with zero attached hydrogens (tertiary/aromatic N) is 1. The van der Waals surface area contributed by atoms with E-state index in [1.165, 1.54) is 11.0 Å². The number of carbonyl (C=O) groups is 2. The number of carboxylic acids is 1. The third kappa shape index (κ3) is 3.10. The summed E-state index contributed by atoms with van der Waals surface area (Å²) in [5.41, 5.74) is 0.889. The van der Waals surface area contributed by atoms with E-state index in [1.807, 2.05) is 31.2 Å². The smallest absolute Gasteiger partial charge is 0.326 e. The van der Waals surface area contributed by atoms with E-state index in [9.17, 15) is 14.7 Å². The average Bonchev–Trinajstić information content (AvgIpc) is 2.79. The van der Waals surface area contributed by atoms with Gasteiger partial charge in [0.1, 0.15) is 6.04 Å². The Morgan fingerprint density at radius 2 is 2.10 bits per heavy atom. The maximum atomic E-state index is 12.2. The van der Waals surface area contributed by atoms with Crippen molar-refractivity contribution in [2.75, 3.05) is 6.54 Å². The molecule has 0 spiro atoms. The van der Waals surface area contributed by atoms with Gasteiger partial charge in [0.25, 0.3) is 0 Å². The molecule has 1 amide bonds. The second kappa shape index (κ2) is 6.22. The van der Waals surface area contributed by atoms with Crippen LogP contribution in [-0.4, -0.2) is 34.5 Å². The molecule has 1 aliphatic rings. The van der Waals surface area contributed by atoms with E-state index < -0.39 is 12.0 Å². The summed E-state index contributed by atoms with van der Waals surface area (Å²) in [4.78, 5) is 24.8. The first-order valence-corrected chi connectivity index (χ1v) is 7.26. The zero-order chi connectivity index (χ0) is 14.7. The topological polar surface area (TPSA) is 57.6 Å². The van der Waals surface area contributed by atoms with Crippen LogP contribution in [0.5, 0.6) is 0 Å². The molecule has 5 heteroatoms. The first kappa shape index (κ1) is 14.8. The summed E-state index contributed by atoms with van der Waals surface area (Å²) in [6.45, 7) is 2.36. The molecule has 1 N–H and O–H groups in total. The van der Waals surface area contributed by atoms with Crippen molar-refractivity contribution in [2.24, 2.45) is 5.92 Å². The lowest BCUT2D eigenvalue weighted by atomic mass is 10.0. The highest BCUT2D eigenvalue weighted by atomic mass is 79.9. The Labute approximate surface area is 126 Å². The Bertz CT molecular complexity index is 556. The maximum Gasteiger partial charge on any atom is 0.326 e. The monoisotopic (exact) mass is 337 g/mol. The van der Waals surface area contributed by atoms with Crippen molar-refractivity contribution in [1.82, 2.24) is 4.90 Å². The Morgan fingerprint density at radius 1 is 1.40 bits per heavy atom. The van der Waals surface area contributed by atoms with Gasteiger partial charge in [0.15, 0.2) is 0 Å². The van der Waals surface area contributed by atoms with Gasteiger partial charge in [-0.05, 0) is 30.0 Å². The number of halogens is 1. The minimum Gasteiger partial charge on any atom is -0.480 e. The minimum atomic E-state index is -0.933. The van der Waals surface area contributed by atoms with Crippen molar-refractivity contribution < 1.29 is 14.7 Å². The molecule has 1 aromatic carbocycles. The molecule has 1 heterocycles. The van der Waals surface area contributed by atoms with Crippen LogP contribution in [0, 0.1) is 5.92 Å². The molecule has 0 aromatic heterocycles. The van der Waals surface area contributed by atoms with Crippen LogP contribution in [-0.2, 0) is 9.59 Å². The lowest BCUT2D eigenvalue weighted by molar-refractivity contribution is -0.147. The number of hydrogen-bond donors (Lipinski definition) is 1. The first-order chi connectivity index (χ1) is 9.50. The number of amides is 1. The molecule has 0 bridgehead atoms. The predicted octanol–water partition coefficient (Wildman–Crippen LogP) is 2.78. The average molecular weight is 338 g/mol. The zero-order valence-electron chi connectivity index (χ0n) is 11.1. The molecule has 1 aromatic rings. The number of rotatable bonds is 3. The molecule has 106 valence electrons. The van der Waals surface area contributed by atoms with Gasteiger partial charge in [-0.1, -0.05) is 41.1 Å².